The number of hydrogen-bond acceptors (Lipinski definition) is 8. The molecule has 0 aromatic carbocycles. The molecule has 0 aliphatic heterocycles. The third kappa shape index (κ3) is 4.65. The summed E-state index contributed by atoms with van der Waals surface area (Å²) in [5.74, 6) is 0.727. The van der Waals surface area contributed by atoms with Gasteiger partial charge in [-0.05, 0) is 73.2 Å². The smallest absolute Gasteiger partial charge is 0.341 e. The molecule has 8 nitrogen and oxygen atoms in total. The number of ether oxygens (including phenoxy) is 1. The molecule has 32 heavy (non-hydrogen) atoms. The van der Waals surface area contributed by atoms with Crippen molar-refractivity contribution in [2.24, 2.45) is 0 Å². The minimum atomic E-state index is -0.402. The zero-order valence-electron chi connectivity index (χ0n) is 17.9. The molecule has 0 radical (unpaired) electrons. The highest BCUT2D eigenvalue weighted by Gasteiger charge is 2.27. The maximum absolute atomic E-state index is 12.8. The van der Waals surface area contributed by atoms with Crippen molar-refractivity contribution in [1.29, 1.82) is 0 Å². The van der Waals surface area contributed by atoms with Crippen LogP contribution in [0.2, 0.25) is 0 Å². The van der Waals surface area contributed by atoms with E-state index in [9.17, 15) is 9.59 Å². The zero-order valence-corrected chi connectivity index (χ0v) is 21.2. The first-order valence-electron chi connectivity index (χ1n) is 10.2. The summed E-state index contributed by atoms with van der Waals surface area (Å²) in [6, 6.07) is 3.69. The van der Waals surface area contributed by atoms with Crippen molar-refractivity contribution in [2.75, 3.05) is 18.2 Å². The van der Waals surface area contributed by atoms with E-state index in [2.05, 4.69) is 31.4 Å². The number of aromatic nitrogens is 3. The fourth-order valence-electron chi connectivity index (χ4n) is 3.71. The number of hydrogen-bond donors (Lipinski definition) is 1. The topological polar surface area (TPSA) is 99.2 Å². The molecule has 3 aromatic heterocycles. The molecule has 0 saturated heterocycles. The van der Waals surface area contributed by atoms with Crippen LogP contribution in [0, 0.1) is 0 Å². The molecule has 1 aliphatic carbocycles. The molecule has 1 aliphatic rings. The summed E-state index contributed by atoms with van der Waals surface area (Å²) in [6.07, 6.45) is 3.90. The Labute approximate surface area is 202 Å². The summed E-state index contributed by atoms with van der Waals surface area (Å²) >= 11 is 6.07. The summed E-state index contributed by atoms with van der Waals surface area (Å²) in [5.41, 5.74) is 1.52. The predicted octanol–water partition coefficient (Wildman–Crippen LogP) is 5.34. The van der Waals surface area contributed by atoms with Gasteiger partial charge in [-0.15, -0.1) is 21.5 Å². The molecule has 0 saturated carbocycles. The van der Waals surface area contributed by atoms with E-state index in [-0.39, 0.29) is 17.7 Å². The molecule has 170 valence electrons. The van der Waals surface area contributed by atoms with Gasteiger partial charge >= 0.3 is 5.97 Å². The first-order valence-corrected chi connectivity index (χ1v) is 12.8. The number of thiophene rings is 1. The number of carbonyl (C=O) groups excluding carboxylic acids is 2. The van der Waals surface area contributed by atoms with Gasteiger partial charge in [-0.25, -0.2) is 4.79 Å². The number of methoxy groups -OCH3 is 1. The van der Waals surface area contributed by atoms with Crippen molar-refractivity contribution in [1.82, 2.24) is 14.8 Å². The lowest BCUT2D eigenvalue weighted by atomic mass is 9.95. The fraction of sp³-hybridized carbons (Fsp3) is 0.429. The lowest BCUT2D eigenvalue weighted by Crippen LogP contribution is -2.17. The summed E-state index contributed by atoms with van der Waals surface area (Å²) in [5, 5.41) is 12.6. The molecular weight excluding hydrogens is 516 g/mol. The monoisotopic (exact) mass is 538 g/mol. The van der Waals surface area contributed by atoms with E-state index in [1.807, 2.05) is 24.5 Å². The number of nitrogens with zero attached hydrogens (tertiary/aromatic N) is 3. The van der Waals surface area contributed by atoms with Crippen LogP contribution in [-0.4, -0.2) is 39.5 Å². The number of rotatable bonds is 7. The van der Waals surface area contributed by atoms with E-state index in [0.29, 0.717) is 32.0 Å². The third-order valence-electron chi connectivity index (χ3n) is 5.12. The highest BCUT2D eigenvalue weighted by molar-refractivity contribution is 9.10. The Balaban J connectivity index is 1.50. The van der Waals surface area contributed by atoms with E-state index in [1.165, 1.54) is 30.2 Å². The highest BCUT2D eigenvalue weighted by atomic mass is 79.9. The number of amides is 1. The Hall–Kier alpha value is -2.11. The Morgan fingerprint density at radius 1 is 1.31 bits per heavy atom. The highest BCUT2D eigenvalue weighted by Crippen LogP contribution is 2.39. The van der Waals surface area contributed by atoms with Gasteiger partial charge in [-0.3, -0.25) is 9.36 Å². The number of nitrogens with one attached hydrogen (secondary N) is 1. The van der Waals surface area contributed by atoms with Crippen LogP contribution in [0.25, 0.3) is 11.6 Å². The van der Waals surface area contributed by atoms with Crippen LogP contribution in [0.15, 0.2) is 26.4 Å². The third-order valence-corrected chi connectivity index (χ3v) is 7.70. The van der Waals surface area contributed by atoms with E-state index in [4.69, 9.17) is 9.15 Å². The first kappa shape index (κ1) is 23.1. The van der Waals surface area contributed by atoms with Crippen LogP contribution < -0.4 is 5.32 Å². The van der Waals surface area contributed by atoms with Crippen molar-refractivity contribution in [3.63, 3.8) is 0 Å². The van der Waals surface area contributed by atoms with Gasteiger partial charge in [0.25, 0.3) is 0 Å². The quantitative estimate of drug-likeness (QED) is 0.320. The molecule has 0 bridgehead atoms. The minimum Gasteiger partial charge on any atom is -0.465 e. The van der Waals surface area contributed by atoms with Gasteiger partial charge in [0.05, 0.1) is 18.4 Å². The zero-order chi connectivity index (χ0) is 22.8. The Morgan fingerprint density at radius 3 is 2.78 bits per heavy atom. The maximum atomic E-state index is 12.8. The Kier molecular flexibility index (Phi) is 7.06. The van der Waals surface area contributed by atoms with E-state index in [1.54, 1.807) is 6.07 Å². The number of halogens is 1. The second-order valence-electron chi connectivity index (χ2n) is 7.62. The van der Waals surface area contributed by atoms with Gasteiger partial charge in [0.2, 0.25) is 11.7 Å². The fourth-order valence-corrected chi connectivity index (χ4v) is 6.18. The van der Waals surface area contributed by atoms with Gasteiger partial charge in [-0.2, -0.15) is 0 Å². The van der Waals surface area contributed by atoms with Crippen LogP contribution in [0.1, 0.15) is 53.5 Å². The maximum Gasteiger partial charge on any atom is 0.341 e. The van der Waals surface area contributed by atoms with Crippen molar-refractivity contribution < 1.29 is 18.7 Å². The summed E-state index contributed by atoms with van der Waals surface area (Å²) in [6.45, 7) is 4.04. The van der Waals surface area contributed by atoms with Gasteiger partial charge < -0.3 is 14.5 Å². The van der Waals surface area contributed by atoms with Crippen molar-refractivity contribution in [3.8, 4) is 11.6 Å². The van der Waals surface area contributed by atoms with E-state index < -0.39 is 5.97 Å². The largest absolute Gasteiger partial charge is 0.465 e. The van der Waals surface area contributed by atoms with Gasteiger partial charge in [0.1, 0.15) is 5.00 Å². The number of esters is 1. The average molecular weight is 539 g/mol. The second-order valence-corrected chi connectivity index (χ2v) is 10.4. The van der Waals surface area contributed by atoms with E-state index in [0.717, 1.165) is 36.1 Å². The number of thioether (sulfide) groups is 1. The molecule has 0 fully saturated rings. The Morgan fingerprint density at radius 2 is 2.09 bits per heavy atom. The molecule has 0 unspecified atom stereocenters. The molecule has 4 rings (SSSR count). The molecule has 1 amide bonds. The lowest BCUT2D eigenvalue weighted by Gasteiger charge is -2.13. The Bertz CT molecular complexity index is 1150. The van der Waals surface area contributed by atoms with Crippen molar-refractivity contribution in [2.45, 2.75) is 50.7 Å². The van der Waals surface area contributed by atoms with Crippen LogP contribution in [0.5, 0.6) is 0 Å². The van der Waals surface area contributed by atoms with Crippen LogP contribution in [0.3, 0.4) is 0 Å². The van der Waals surface area contributed by atoms with Crippen LogP contribution in [0.4, 0.5) is 5.00 Å². The normalized spacial score (nSPS) is 13.3. The molecule has 11 heteroatoms. The number of aryl methyl sites for hydroxylation is 1. The molecule has 0 spiro atoms. The van der Waals surface area contributed by atoms with Crippen molar-refractivity contribution in [3.05, 3.63) is 32.8 Å². The minimum absolute atomic E-state index is 0.0735. The lowest BCUT2D eigenvalue weighted by molar-refractivity contribution is -0.113. The summed E-state index contributed by atoms with van der Waals surface area (Å²) in [7, 11) is 1.37. The number of anilines is 1. The molecule has 0 atom stereocenters. The number of carbonyl (C=O) groups is 2. The summed E-state index contributed by atoms with van der Waals surface area (Å²) in [4.78, 5) is 26.3. The second kappa shape index (κ2) is 9.80. The molecule has 1 N–H and O–H groups in total. The molecule has 3 heterocycles. The van der Waals surface area contributed by atoms with Gasteiger partial charge in [-0.1, -0.05) is 11.8 Å². The molecule has 3 aromatic rings. The van der Waals surface area contributed by atoms with Crippen LogP contribution in [-0.2, 0) is 22.4 Å². The predicted molar refractivity (Wildman–Crippen MR) is 127 cm³/mol. The molecular formula is C21H23BrN4O4S2. The number of furan rings is 1. The SMILES string of the molecule is COC(=O)c1c(NC(=O)CSc2nnc(-c3ccc(Br)o3)n2C(C)C)sc2c1CCCC2. The van der Waals surface area contributed by atoms with Gasteiger partial charge in [0.15, 0.2) is 15.6 Å². The van der Waals surface area contributed by atoms with Crippen LogP contribution >= 0.6 is 39.0 Å². The van der Waals surface area contributed by atoms with Crippen molar-refractivity contribution >= 4 is 55.9 Å². The van der Waals surface area contributed by atoms with E-state index >= 15 is 0 Å². The van der Waals surface area contributed by atoms with Gasteiger partial charge in [0, 0.05) is 10.9 Å². The first-order chi connectivity index (χ1) is 15.4. The standard InChI is InChI=1S/C21H23BrN4O4S2/c1-11(2)26-18(13-8-9-15(22)30-13)24-25-21(26)31-10-16(27)23-19-17(20(28)29-3)12-6-4-5-7-14(12)32-19/h8-9,11H,4-7,10H2,1-3H3,(H,23,27). The number of fused-ring (bicyclic) bond motifs is 1. The summed E-state index contributed by atoms with van der Waals surface area (Å²) < 4.78 is 13.2. The average Bonchev–Trinajstić information content (AvgIpc) is 3.47.